The number of carbonyl (C=O) groups excluding carboxylic acids is 1. The largest absolute Gasteiger partial charge is 0.398 e. The lowest BCUT2D eigenvalue weighted by Gasteiger charge is -2.07. The topological polar surface area (TPSA) is 68.0 Å². The van der Waals surface area contributed by atoms with Gasteiger partial charge in [-0.2, -0.15) is 0 Å². The highest BCUT2D eigenvalue weighted by Gasteiger charge is 2.10. The molecule has 1 aromatic carbocycles. The molecule has 92 valence electrons. The van der Waals surface area contributed by atoms with Crippen LogP contribution < -0.4 is 11.1 Å². The van der Waals surface area contributed by atoms with Gasteiger partial charge in [-0.25, -0.2) is 4.98 Å². The van der Waals surface area contributed by atoms with E-state index >= 15 is 0 Å². The Morgan fingerprint density at radius 3 is 2.78 bits per heavy atom. The van der Waals surface area contributed by atoms with Gasteiger partial charge in [0, 0.05) is 10.2 Å². The van der Waals surface area contributed by atoms with Crippen molar-refractivity contribution in [2.24, 2.45) is 0 Å². The lowest BCUT2D eigenvalue weighted by Crippen LogP contribution is -2.14. The molecule has 4 nitrogen and oxygen atoms in total. The molecule has 0 saturated heterocycles. The van der Waals surface area contributed by atoms with Crippen molar-refractivity contribution in [3.8, 4) is 0 Å². The van der Waals surface area contributed by atoms with Crippen LogP contribution in [0, 0.1) is 0 Å². The van der Waals surface area contributed by atoms with Gasteiger partial charge in [0.1, 0.15) is 5.15 Å². The van der Waals surface area contributed by atoms with Crippen molar-refractivity contribution in [1.82, 2.24) is 4.98 Å². The normalized spacial score (nSPS) is 10.1. The highest BCUT2D eigenvalue weighted by atomic mass is 79.9. The van der Waals surface area contributed by atoms with Gasteiger partial charge in [-0.05, 0) is 30.3 Å². The van der Waals surface area contributed by atoms with Crippen molar-refractivity contribution >= 4 is 44.8 Å². The second-order valence-electron chi connectivity index (χ2n) is 3.56. The molecule has 1 aromatic heterocycles. The molecule has 2 rings (SSSR count). The van der Waals surface area contributed by atoms with Crippen LogP contribution in [-0.4, -0.2) is 10.9 Å². The molecule has 0 aliphatic carbocycles. The summed E-state index contributed by atoms with van der Waals surface area (Å²) in [4.78, 5) is 15.9. The van der Waals surface area contributed by atoms with Crippen LogP contribution in [0.4, 0.5) is 11.4 Å². The minimum absolute atomic E-state index is 0.294. The van der Waals surface area contributed by atoms with E-state index in [4.69, 9.17) is 17.3 Å². The first kappa shape index (κ1) is 12.9. The predicted octanol–water partition coefficient (Wildman–Crippen LogP) is 3.33. The molecular formula is C12H9BrClN3O. The second-order valence-corrected chi connectivity index (χ2v) is 4.86. The van der Waals surface area contributed by atoms with E-state index < -0.39 is 0 Å². The number of nitrogens with two attached hydrogens (primary N) is 1. The number of nitrogens with one attached hydrogen (secondary N) is 1. The number of hydrogen-bond acceptors (Lipinski definition) is 3. The zero-order chi connectivity index (χ0) is 13.1. The number of benzene rings is 1. The summed E-state index contributed by atoms with van der Waals surface area (Å²) in [5.74, 6) is -0.294. The van der Waals surface area contributed by atoms with E-state index in [1.54, 1.807) is 30.3 Å². The lowest BCUT2D eigenvalue weighted by atomic mass is 10.1. The van der Waals surface area contributed by atoms with Gasteiger partial charge in [0.25, 0.3) is 5.91 Å². The Kier molecular flexibility index (Phi) is 3.84. The number of pyridine rings is 1. The van der Waals surface area contributed by atoms with Crippen molar-refractivity contribution in [2.45, 2.75) is 0 Å². The molecule has 1 heterocycles. The van der Waals surface area contributed by atoms with Gasteiger partial charge in [-0.3, -0.25) is 4.79 Å². The quantitative estimate of drug-likeness (QED) is 0.657. The van der Waals surface area contributed by atoms with E-state index in [0.717, 1.165) is 4.47 Å². The fraction of sp³-hybridized carbons (Fsp3) is 0. The van der Waals surface area contributed by atoms with E-state index in [1.165, 1.54) is 6.20 Å². The molecule has 0 bridgehead atoms. The molecule has 0 atom stereocenters. The number of anilines is 2. The molecule has 3 N–H and O–H groups in total. The average Bonchev–Trinajstić information content (AvgIpc) is 2.35. The van der Waals surface area contributed by atoms with Crippen LogP contribution in [0.1, 0.15) is 10.4 Å². The fourth-order valence-corrected chi connectivity index (χ4v) is 1.85. The van der Waals surface area contributed by atoms with Gasteiger partial charge in [-0.1, -0.05) is 27.5 Å². The molecular weight excluding hydrogens is 318 g/mol. The molecule has 18 heavy (non-hydrogen) atoms. The zero-order valence-electron chi connectivity index (χ0n) is 9.15. The van der Waals surface area contributed by atoms with Gasteiger partial charge in [-0.15, -0.1) is 0 Å². The molecule has 1 amide bonds. The summed E-state index contributed by atoms with van der Waals surface area (Å²) in [5.41, 5.74) is 7.13. The molecule has 0 spiro atoms. The second kappa shape index (κ2) is 5.37. The Morgan fingerprint density at radius 1 is 1.33 bits per heavy atom. The molecule has 0 aliphatic heterocycles. The minimum atomic E-state index is -0.294. The standard InChI is InChI=1S/C12H9BrClN3O/c13-7-1-3-10(15)9(5-7)12(18)17-8-2-4-11(14)16-6-8/h1-6H,15H2,(H,17,18). The Balaban J connectivity index is 2.21. The van der Waals surface area contributed by atoms with Gasteiger partial charge in [0.15, 0.2) is 0 Å². The summed E-state index contributed by atoms with van der Waals surface area (Å²) in [6.07, 6.45) is 1.48. The zero-order valence-corrected chi connectivity index (χ0v) is 11.5. The summed E-state index contributed by atoms with van der Waals surface area (Å²) in [6, 6.07) is 8.37. The number of nitrogen functional groups attached to an aromatic ring is 1. The van der Waals surface area contributed by atoms with Gasteiger partial charge in [0.05, 0.1) is 17.4 Å². The molecule has 0 fully saturated rings. The third kappa shape index (κ3) is 3.00. The van der Waals surface area contributed by atoms with Crippen molar-refractivity contribution in [1.29, 1.82) is 0 Å². The SMILES string of the molecule is Nc1ccc(Br)cc1C(=O)Nc1ccc(Cl)nc1. The summed E-state index contributed by atoms with van der Waals surface area (Å²) in [5, 5.41) is 3.06. The predicted molar refractivity (Wildman–Crippen MR) is 75.8 cm³/mol. The van der Waals surface area contributed by atoms with Crippen molar-refractivity contribution < 1.29 is 4.79 Å². The number of rotatable bonds is 2. The van der Waals surface area contributed by atoms with Crippen LogP contribution in [0.5, 0.6) is 0 Å². The first-order valence-electron chi connectivity index (χ1n) is 5.04. The number of nitrogens with zero attached hydrogens (tertiary/aromatic N) is 1. The Bertz CT molecular complexity index is 586. The molecule has 0 aliphatic rings. The third-order valence-electron chi connectivity index (χ3n) is 2.25. The van der Waals surface area contributed by atoms with E-state index in [-0.39, 0.29) is 5.91 Å². The Morgan fingerprint density at radius 2 is 2.11 bits per heavy atom. The van der Waals surface area contributed by atoms with Crippen LogP contribution in [0.3, 0.4) is 0 Å². The highest BCUT2D eigenvalue weighted by Crippen LogP contribution is 2.20. The van der Waals surface area contributed by atoms with Crippen LogP contribution >= 0.6 is 27.5 Å². The van der Waals surface area contributed by atoms with E-state index in [0.29, 0.717) is 22.1 Å². The van der Waals surface area contributed by atoms with Crippen LogP contribution in [0.2, 0.25) is 5.15 Å². The summed E-state index contributed by atoms with van der Waals surface area (Å²) < 4.78 is 0.788. The Hall–Kier alpha value is -1.59. The summed E-state index contributed by atoms with van der Waals surface area (Å²) in [7, 11) is 0. The van der Waals surface area contributed by atoms with Crippen LogP contribution in [-0.2, 0) is 0 Å². The maximum absolute atomic E-state index is 12.0. The first-order valence-corrected chi connectivity index (χ1v) is 6.21. The highest BCUT2D eigenvalue weighted by molar-refractivity contribution is 9.10. The number of amides is 1. The van der Waals surface area contributed by atoms with E-state index in [1.807, 2.05) is 0 Å². The smallest absolute Gasteiger partial charge is 0.257 e. The lowest BCUT2D eigenvalue weighted by molar-refractivity contribution is 0.102. The van der Waals surface area contributed by atoms with Crippen molar-refractivity contribution in [3.63, 3.8) is 0 Å². The van der Waals surface area contributed by atoms with E-state index in [2.05, 4.69) is 26.2 Å². The van der Waals surface area contributed by atoms with Crippen molar-refractivity contribution in [2.75, 3.05) is 11.1 Å². The molecule has 0 saturated carbocycles. The first-order chi connectivity index (χ1) is 8.56. The van der Waals surface area contributed by atoms with E-state index in [9.17, 15) is 4.79 Å². The number of hydrogen-bond donors (Lipinski definition) is 2. The van der Waals surface area contributed by atoms with Crippen LogP contribution in [0.25, 0.3) is 0 Å². The number of carbonyl (C=O) groups is 1. The van der Waals surface area contributed by atoms with Crippen molar-refractivity contribution in [3.05, 3.63) is 51.7 Å². The molecule has 0 unspecified atom stereocenters. The molecule has 0 radical (unpaired) electrons. The Labute approximate surface area is 117 Å². The summed E-state index contributed by atoms with van der Waals surface area (Å²) >= 11 is 8.96. The molecule has 6 heteroatoms. The van der Waals surface area contributed by atoms with Gasteiger partial charge >= 0.3 is 0 Å². The summed E-state index contributed by atoms with van der Waals surface area (Å²) in [6.45, 7) is 0. The maximum atomic E-state index is 12.0. The third-order valence-corrected chi connectivity index (χ3v) is 2.96. The monoisotopic (exact) mass is 325 g/mol. The molecule has 2 aromatic rings. The number of aromatic nitrogens is 1. The van der Waals surface area contributed by atoms with Gasteiger partial charge in [0.2, 0.25) is 0 Å². The maximum Gasteiger partial charge on any atom is 0.257 e. The average molecular weight is 327 g/mol. The van der Waals surface area contributed by atoms with Crippen LogP contribution in [0.15, 0.2) is 41.0 Å². The minimum Gasteiger partial charge on any atom is -0.398 e. The number of halogens is 2. The van der Waals surface area contributed by atoms with Gasteiger partial charge < -0.3 is 11.1 Å². The fourth-order valence-electron chi connectivity index (χ4n) is 1.37.